The Hall–Kier alpha value is -3.22. The molecule has 2 aromatic rings. The van der Waals surface area contributed by atoms with Crippen molar-refractivity contribution in [2.75, 3.05) is 6.54 Å². The number of carbonyl (C=O) groups is 1. The molecule has 0 aliphatic rings. The van der Waals surface area contributed by atoms with Crippen molar-refractivity contribution >= 4 is 21.9 Å². The minimum atomic E-state index is -4.41. The Morgan fingerprint density at radius 1 is 1.13 bits per heavy atom. The Balaban J connectivity index is 2.18. The van der Waals surface area contributed by atoms with Gasteiger partial charge in [0.25, 0.3) is 10.0 Å². The number of aliphatic imine (C=N–C) groups is 1. The van der Waals surface area contributed by atoms with Crippen LogP contribution in [0, 0.1) is 5.82 Å². The number of hydrogen-bond donors (Lipinski definition) is 4. The van der Waals surface area contributed by atoms with Crippen molar-refractivity contribution in [3.05, 3.63) is 54.3 Å². The van der Waals surface area contributed by atoms with Gasteiger partial charge < -0.3 is 21.9 Å². The van der Waals surface area contributed by atoms with Crippen molar-refractivity contribution < 1.29 is 29.0 Å². The van der Waals surface area contributed by atoms with Gasteiger partial charge >= 0.3 is 0 Å². The van der Waals surface area contributed by atoms with Gasteiger partial charge in [0.2, 0.25) is 7.34 Å². The number of primary amides is 1. The zero-order chi connectivity index (χ0) is 23.0. The lowest BCUT2D eigenvalue weighted by Crippen LogP contribution is -2.46. The molecule has 0 spiro atoms. The third-order valence-electron chi connectivity index (χ3n) is 3.92. The van der Waals surface area contributed by atoms with E-state index in [0.717, 1.165) is 0 Å². The highest BCUT2D eigenvalue weighted by molar-refractivity contribution is 7.89. The second-order valence-corrected chi connectivity index (χ2v) is 7.94. The molecule has 0 heterocycles. The molecule has 1 amide bonds. The second-order valence-electron chi connectivity index (χ2n) is 6.15. The zero-order valence-corrected chi connectivity index (χ0v) is 16.6. The van der Waals surface area contributed by atoms with Gasteiger partial charge in [-0.15, -0.1) is 0 Å². The van der Waals surface area contributed by atoms with Crippen LogP contribution in [0.1, 0.15) is 12.8 Å². The number of benzene rings is 2. The van der Waals surface area contributed by atoms with E-state index in [-0.39, 0.29) is 40.5 Å². The first-order valence-electron chi connectivity index (χ1n) is 9.12. The molecule has 0 saturated heterocycles. The maximum Gasteiger partial charge on any atom is 0.265 e. The number of halogens is 1. The minimum absolute atomic E-state index is 0.0734. The van der Waals surface area contributed by atoms with Crippen LogP contribution in [0.5, 0.6) is 11.5 Å². The highest BCUT2D eigenvalue weighted by Crippen LogP contribution is 2.25. The van der Waals surface area contributed by atoms with Gasteiger partial charge in [-0.1, -0.05) is 4.47 Å². The molecular weight excluding hydrogens is 417 g/mol. The lowest BCUT2D eigenvalue weighted by Gasteiger charge is -2.22. The average Bonchev–Trinajstić information content (AvgIpc) is 2.72. The van der Waals surface area contributed by atoms with Crippen LogP contribution in [0.2, 0.25) is 1.43 Å². The van der Waals surface area contributed by atoms with E-state index in [4.69, 9.17) is 23.4 Å². The summed E-state index contributed by atoms with van der Waals surface area (Å²) in [6.45, 7) is 0.132. The molecule has 0 radical (unpaired) electrons. The average molecular weight is 440 g/mol. The molecule has 0 aliphatic heterocycles. The Bertz CT molecular complexity index is 1010. The number of hydroxylamine groups is 1. The summed E-state index contributed by atoms with van der Waals surface area (Å²) in [6, 6.07) is 8.93. The van der Waals surface area contributed by atoms with Crippen LogP contribution >= 0.6 is 0 Å². The fourth-order valence-electron chi connectivity index (χ4n) is 2.43. The molecule has 0 unspecified atom stereocenters. The lowest BCUT2D eigenvalue weighted by atomic mass is 10.1. The normalized spacial score (nSPS) is 12.8. The summed E-state index contributed by atoms with van der Waals surface area (Å²) in [6.07, 6.45) is 0.140. The number of carbonyl (C=O) groups excluding carboxylic acids is 1. The summed E-state index contributed by atoms with van der Waals surface area (Å²) in [4.78, 5) is 15.3. The Labute approximate surface area is 174 Å². The zero-order valence-electron chi connectivity index (χ0n) is 16.8. The van der Waals surface area contributed by atoms with Crippen LogP contribution in [0.4, 0.5) is 4.39 Å². The number of amides is 1. The predicted octanol–water partition coefficient (Wildman–Crippen LogP) is 0.905. The van der Waals surface area contributed by atoms with Gasteiger partial charge in [-0.3, -0.25) is 15.0 Å². The van der Waals surface area contributed by atoms with Crippen LogP contribution in [0.25, 0.3) is 0 Å². The summed E-state index contributed by atoms with van der Waals surface area (Å²) >= 11 is 0. The molecule has 0 fully saturated rings. The van der Waals surface area contributed by atoms with Crippen molar-refractivity contribution in [1.29, 1.82) is 0 Å². The fraction of sp³-hybridized carbons (Fsp3) is 0.222. The van der Waals surface area contributed by atoms with Gasteiger partial charge in [0, 0.05) is 6.54 Å². The number of guanidine groups is 1. The number of hydrogen-bond acceptors (Lipinski definition) is 6. The van der Waals surface area contributed by atoms with Crippen LogP contribution in [0.3, 0.4) is 0 Å². The molecule has 0 bridgehead atoms. The molecule has 0 aliphatic carbocycles. The third kappa shape index (κ3) is 6.14. The van der Waals surface area contributed by atoms with Gasteiger partial charge in [-0.2, -0.15) is 0 Å². The van der Waals surface area contributed by atoms with E-state index in [1.165, 1.54) is 48.5 Å². The van der Waals surface area contributed by atoms with Gasteiger partial charge in [0.05, 0.1) is 4.90 Å². The van der Waals surface area contributed by atoms with Gasteiger partial charge in [0.1, 0.15) is 23.4 Å². The van der Waals surface area contributed by atoms with E-state index in [2.05, 4.69) is 10.2 Å². The minimum Gasteiger partial charge on any atom is -0.457 e. The molecule has 12 heteroatoms. The maximum absolute atomic E-state index is 13.0. The van der Waals surface area contributed by atoms with Crippen LogP contribution in [-0.2, 0) is 14.8 Å². The van der Waals surface area contributed by atoms with Crippen LogP contribution < -0.4 is 21.9 Å². The van der Waals surface area contributed by atoms with Crippen molar-refractivity contribution in [3.8, 4) is 11.5 Å². The molecular formula is C18H22FN5O5S. The Morgan fingerprint density at radius 3 is 2.20 bits per heavy atom. The molecule has 162 valence electrons. The van der Waals surface area contributed by atoms with E-state index in [1.54, 1.807) is 0 Å². The highest BCUT2D eigenvalue weighted by atomic mass is 32.2. The smallest absolute Gasteiger partial charge is 0.265 e. The highest BCUT2D eigenvalue weighted by Gasteiger charge is 2.33. The first-order valence-corrected chi connectivity index (χ1v) is 10.1. The number of sulfonamides is 1. The van der Waals surface area contributed by atoms with E-state index >= 15 is 0 Å². The number of rotatable bonds is 11. The van der Waals surface area contributed by atoms with Crippen molar-refractivity contribution in [2.24, 2.45) is 22.2 Å². The molecule has 30 heavy (non-hydrogen) atoms. The second kappa shape index (κ2) is 10.0. The van der Waals surface area contributed by atoms with Crippen molar-refractivity contribution in [3.63, 3.8) is 0 Å². The summed E-state index contributed by atoms with van der Waals surface area (Å²) < 4.78 is 51.6. The van der Waals surface area contributed by atoms with E-state index < -0.39 is 27.8 Å². The molecule has 10 nitrogen and oxygen atoms in total. The monoisotopic (exact) mass is 440 g/mol. The molecule has 0 saturated carbocycles. The fourth-order valence-corrected chi connectivity index (χ4v) is 3.67. The SMILES string of the molecule is [2H]ON([C@@H](CCCN=C(N)N)C(N)=O)S(=O)(=O)c1ccc(Oc2ccc(F)cc2)cc1. The van der Waals surface area contributed by atoms with Crippen molar-refractivity contribution in [2.45, 2.75) is 23.8 Å². The quantitative estimate of drug-likeness (QED) is 0.174. The molecule has 7 N–H and O–H groups in total. The summed E-state index contributed by atoms with van der Waals surface area (Å²) in [7, 11) is -4.41. The first kappa shape index (κ1) is 21.5. The van der Waals surface area contributed by atoms with E-state index in [0.29, 0.717) is 5.75 Å². The van der Waals surface area contributed by atoms with E-state index in [9.17, 15) is 17.6 Å². The summed E-state index contributed by atoms with van der Waals surface area (Å²) in [5.41, 5.74) is 15.7. The van der Waals surface area contributed by atoms with E-state index in [1.807, 2.05) is 0 Å². The molecule has 2 aromatic carbocycles. The Morgan fingerprint density at radius 2 is 1.70 bits per heavy atom. The third-order valence-corrected chi connectivity index (χ3v) is 5.52. The largest absolute Gasteiger partial charge is 0.457 e. The number of ether oxygens (including phenoxy) is 1. The van der Waals surface area contributed by atoms with Crippen molar-refractivity contribution in [1.82, 2.24) is 4.47 Å². The molecule has 0 aromatic heterocycles. The lowest BCUT2D eigenvalue weighted by molar-refractivity contribution is -0.131. The van der Waals surface area contributed by atoms with Crippen LogP contribution in [0.15, 0.2) is 58.4 Å². The summed E-state index contributed by atoms with van der Waals surface area (Å²) in [5, 5.41) is 4.25. The maximum atomic E-state index is 13.0. The van der Waals surface area contributed by atoms with Gasteiger partial charge in [-0.05, 0) is 61.4 Å². The topological polar surface area (TPSA) is 174 Å². The molecule has 2 rings (SSSR count). The van der Waals surface area contributed by atoms with Gasteiger partial charge in [-0.25, -0.2) is 12.8 Å². The number of nitrogens with zero attached hydrogens (tertiary/aromatic N) is 2. The standard InChI is InChI=1S/C18H22FN5O5S/c19-12-3-5-13(6-4-12)29-14-7-9-15(10-8-14)30(27,28)24(26)16(17(20)25)2-1-11-23-18(21)22/h3-10,16,26H,1-2,11H2,(H2,20,25)(H4,21,22,23)/t16-/m0/s1/i26D. The Kier molecular flexibility index (Phi) is 7.17. The van der Waals surface area contributed by atoms with Gasteiger partial charge in [0.15, 0.2) is 5.96 Å². The predicted molar refractivity (Wildman–Crippen MR) is 107 cm³/mol. The van der Waals surface area contributed by atoms with Crippen LogP contribution in [-0.4, -0.2) is 42.5 Å². The number of nitrogens with two attached hydrogens (primary N) is 3. The first-order chi connectivity index (χ1) is 14.6. The summed E-state index contributed by atoms with van der Waals surface area (Å²) in [5.74, 6) is -0.946. The molecule has 1 atom stereocenters.